The van der Waals surface area contributed by atoms with Crippen LogP contribution in [0.25, 0.3) is 45.5 Å². The molecular formula is C20H14. The third kappa shape index (κ3) is 1.55. The average molecular weight is 254 g/mol. The van der Waals surface area contributed by atoms with Gasteiger partial charge in [-0.15, -0.1) is 0 Å². The highest BCUT2D eigenvalue weighted by Gasteiger charge is 2.03. The molecule has 4 rings (SSSR count). The lowest BCUT2D eigenvalue weighted by Gasteiger charge is -2.07. The predicted molar refractivity (Wildman–Crippen MR) is 89.3 cm³/mol. The van der Waals surface area contributed by atoms with Crippen LogP contribution in [0.4, 0.5) is 0 Å². The van der Waals surface area contributed by atoms with E-state index in [-0.39, 0.29) is 0 Å². The molecule has 0 bridgehead atoms. The summed E-state index contributed by atoms with van der Waals surface area (Å²) in [5, 5.41) is 9.68. The molecule has 0 heteroatoms. The van der Waals surface area contributed by atoms with Crippen molar-refractivity contribution in [3.05, 3.63) is 71.1 Å². The van der Waals surface area contributed by atoms with Crippen LogP contribution >= 0.6 is 0 Å². The summed E-state index contributed by atoms with van der Waals surface area (Å²) in [6.07, 6.45) is 0. The van der Waals surface area contributed by atoms with Gasteiger partial charge in [0.1, 0.15) is 0 Å². The molecule has 0 aliphatic carbocycles. The summed E-state index contributed by atoms with van der Waals surface area (Å²) >= 11 is 0. The van der Waals surface area contributed by atoms with Crippen molar-refractivity contribution in [1.82, 2.24) is 0 Å². The molecule has 0 amide bonds. The molecule has 0 N–H and O–H groups in total. The molecule has 0 radical (unpaired) electrons. The minimum Gasteiger partial charge on any atom is -0.0917 e. The Balaban J connectivity index is 2.29. The van der Waals surface area contributed by atoms with Crippen LogP contribution in [0.2, 0.25) is 0 Å². The molecule has 0 aliphatic rings. The first-order valence-electron chi connectivity index (χ1n) is 6.75. The molecule has 0 fully saturated rings. The van der Waals surface area contributed by atoms with Gasteiger partial charge in [-0.25, -0.2) is 0 Å². The molecular weight excluding hydrogens is 240 g/mol. The summed E-state index contributed by atoms with van der Waals surface area (Å²) in [6.45, 7) is 8.14. The van der Waals surface area contributed by atoms with Gasteiger partial charge in [-0.1, -0.05) is 55.6 Å². The number of hydrogen-bond acceptors (Lipinski definition) is 0. The Bertz CT molecular complexity index is 1070. The largest absolute Gasteiger partial charge is 0.0917 e. The van der Waals surface area contributed by atoms with Crippen LogP contribution in [0, 0.1) is 0 Å². The van der Waals surface area contributed by atoms with E-state index in [2.05, 4.69) is 73.8 Å². The molecule has 4 aromatic carbocycles. The molecule has 0 saturated heterocycles. The van der Waals surface area contributed by atoms with E-state index in [0.29, 0.717) is 0 Å². The lowest BCUT2D eigenvalue weighted by molar-refractivity contribution is 1.69. The van der Waals surface area contributed by atoms with Gasteiger partial charge < -0.3 is 0 Å². The molecule has 0 spiro atoms. The fourth-order valence-corrected chi connectivity index (χ4v) is 2.95. The molecule has 0 heterocycles. The maximum atomic E-state index is 4.14. The maximum Gasteiger partial charge on any atom is -0.00988 e. The summed E-state index contributed by atoms with van der Waals surface area (Å²) < 4.78 is 0. The van der Waals surface area contributed by atoms with E-state index in [1.54, 1.807) is 0 Å². The van der Waals surface area contributed by atoms with Gasteiger partial charge in [-0.05, 0) is 61.0 Å². The summed E-state index contributed by atoms with van der Waals surface area (Å²) in [4.78, 5) is 0. The molecule has 94 valence electrons. The SMILES string of the molecule is C=c1ccc2c(ccc3cc4cccc(=C)c4cc32)c1. The van der Waals surface area contributed by atoms with Gasteiger partial charge in [0.2, 0.25) is 0 Å². The molecule has 0 aliphatic heterocycles. The van der Waals surface area contributed by atoms with Gasteiger partial charge in [0.15, 0.2) is 0 Å². The van der Waals surface area contributed by atoms with Gasteiger partial charge in [0.05, 0.1) is 0 Å². The second-order valence-electron chi connectivity index (χ2n) is 5.33. The number of fused-ring (bicyclic) bond motifs is 4. The lowest BCUT2D eigenvalue weighted by atomic mass is 9.97. The summed E-state index contributed by atoms with van der Waals surface area (Å²) in [5.41, 5.74) is 0. The van der Waals surface area contributed by atoms with E-state index in [4.69, 9.17) is 0 Å². The summed E-state index contributed by atoms with van der Waals surface area (Å²) in [6, 6.07) is 21.5. The van der Waals surface area contributed by atoms with Crippen molar-refractivity contribution < 1.29 is 0 Å². The van der Waals surface area contributed by atoms with E-state index in [1.165, 1.54) is 32.3 Å². The normalized spacial score (nSPS) is 11.4. The van der Waals surface area contributed by atoms with Crippen molar-refractivity contribution in [3.63, 3.8) is 0 Å². The van der Waals surface area contributed by atoms with Crippen LogP contribution in [0.15, 0.2) is 60.7 Å². The number of hydrogen-bond donors (Lipinski definition) is 0. The Labute approximate surface area is 117 Å². The lowest BCUT2D eigenvalue weighted by Crippen LogP contribution is -1.98. The molecule has 0 unspecified atom stereocenters. The van der Waals surface area contributed by atoms with Crippen LogP contribution < -0.4 is 10.4 Å². The van der Waals surface area contributed by atoms with Gasteiger partial charge >= 0.3 is 0 Å². The van der Waals surface area contributed by atoms with Crippen LogP contribution in [0.3, 0.4) is 0 Å². The quantitative estimate of drug-likeness (QED) is 0.329. The van der Waals surface area contributed by atoms with Gasteiger partial charge in [-0.2, -0.15) is 0 Å². The van der Waals surface area contributed by atoms with E-state index in [1.807, 2.05) is 0 Å². The van der Waals surface area contributed by atoms with Gasteiger partial charge in [0, 0.05) is 0 Å². The number of benzene rings is 4. The van der Waals surface area contributed by atoms with Crippen LogP contribution in [0.5, 0.6) is 0 Å². The minimum atomic E-state index is 1.05. The maximum absolute atomic E-state index is 4.14. The van der Waals surface area contributed by atoms with Crippen molar-refractivity contribution >= 4 is 45.5 Å². The van der Waals surface area contributed by atoms with Crippen LogP contribution in [0.1, 0.15) is 0 Å². The first-order valence-corrected chi connectivity index (χ1v) is 6.75. The zero-order valence-corrected chi connectivity index (χ0v) is 11.2. The second-order valence-corrected chi connectivity index (χ2v) is 5.33. The van der Waals surface area contributed by atoms with Crippen molar-refractivity contribution in [1.29, 1.82) is 0 Å². The average Bonchev–Trinajstić information content (AvgIpc) is 2.45. The van der Waals surface area contributed by atoms with Crippen LogP contribution in [-0.2, 0) is 0 Å². The zero-order chi connectivity index (χ0) is 13.7. The predicted octanol–water partition coefficient (Wildman–Crippen LogP) is 3.97. The fraction of sp³-hybridized carbons (Fsp3) is 0. The van der Waals surface area contributed by atoms with Gasteiger partial charge in [-0.3, -0.25) is 0 Å². The third-order valence-electron chi connectivity index (χ3n) is 3.99. The molecule has 0 aromatic heterocycles. The summed E-state index contributed by atoms with van der Waals surface area (Å²) in [7, 11) is 0. The van der Waals surface area contributed by atoms with E-state index < -0.39 is 0 Å². The van der Waals surface area contributed by atoms with Crippen molar-refractivity contribution in [2.24, 2.45) is 0 Å². The van der Waals surface area contributed by atoms with Crippen molar-refractivity contribution in [2.75, 3.05) is 0 Å². The molecule has 0 saturated carbocycles. The Kier molecular flexibility index (Phi) is 2.22. The summed E-state index contributed by atoms with van der Waals surface area (Å²) in [5.74, 6) is 0. The van der Waals surface area contributed by atoms with Gasteiger partial charge in [0.25, 0.3) is 0 Å². The fourth-order valence-electron chi connectivity index (χ4n) is 2.95. The molecule has 4 aromatic rings. The highest BCUT2D eigenvalue weighted by molar-refractivity contribution is 6.12. The monoisotopic (exact) mass is 254 g/mol. The topological polar surface area (TPSA) is 0 Å². The van der Waals surface area contributed by atoms with E-state index >= 15 is 0 Å². The van der Waals surface area contributed by atoms with E-state index in [9.17, 15) is 0 Å². The third-order valence-corrected chi connectivity index (χ3v) is 3.99. The minimum absolute atomic E-state index is 1.05. The van der Waals surface area contributed by atoms with Crippen molar-refractivity contribution in [2.45, 2.75) is 0 Å². The number of rotatable bonds is 0. The molecule has 20 heavy (non-hydrogen) atoms. The smallest absolute Gasteiger partial charge is 0.00988 e. The Morgan fingerprint density at radius 1 is 0.550 bits per heavy atom. The first-order chi connectivity index (χ1) is 9.72. The molecule has 0 atom stereocenters. The van der Waals surface area contributed by atoms with Crippen LogP contribution in [-0.4, -0.2) is 0 Å². The van der Waals surface area contributed by atoms with E-state index in [0.717, 1.165) is 10.4 Å². The standard InChI is InChI=1S/C20H14/c1-13-6-9-18-16(10-13)7-8-17-11-15-5-3-4-14(2)19(15)12-20(17)18/h3-12H,1-2H2. The molecule has 0 nitrogen and oxygen atoms in total. The Morgan fingerprint density at radius 2 is 1.30 bits per heavy atom. The Hall–Kier alpha value is -2.60. The highest BCUT2D eigenvalue weighted by Crippen LogP contribution is 2.27. The second kappa shape index (κ2) is 3.94. The first kappa shape index (κ1) is 11.2. The Morgan fingerprint density at radius 3 is 2.15 bits per heavy atom. The zero-order valence-electron chi connectivity index (χ0n) is 11.2. The van der Waals surface area contributed by atoms with Crippen molar-refractivity contribution in [3.8, 4) is 0 Å². The highest BCUT2D eigenvalue weighted by atomic mass is 14.1.